The summed E-state index contributed by atoms with van der Waals surface area (Å²) >= 11 is 0. The van der Waals surface area contributed by atoms with Gasteiger partial charge in [-0.2, -0.15) is 6.42 Å². The number of hydrogen-bond donors (Lipinski definition) is 0. The first kappa shape index (κ1) is 24.8. The summed E-state index contributed by atoms with van der Waals surface area (Å²) in [5.74, 6) is 0. The maximum atomic E-state index is 5.39. The van der Waals surface area contributed by atoms with E-state index >= 15 is 0 Å². The Kier molecular flexibility index (Phi) is 28.2. The molecule has 0 aromatic heterocycles. The molecule has 0 unspecified atom stereocenters. The van der Waals surface area contributed by atoms with E-state index in [-0.39, 0.29) is 23.6 Å². The van der Waals surface area contributed by atoms with Crippen LogP contribution in [-0.4, -0.2) is 21.8 Å². The fraction of sp³-hybridized carbons (Fsp3) is 0.900. The van der Waals surface area contributed by atoms with E-state index in [1.54, 1.807) is 0 Å². The molecule has 0 N–H and O–H groups in total. The van der Waals surface area contributed by atoms with E-state index in [2.05, 4.69) is 26.9 Å². The van der Waals surface area contributed by atoms with Crippen LogP contribution < -0.4 is 18.9 Å². The first-order chi connectivity index (χ1) is 6.04. The van der Waals surface area contributed by atoms with E-state index in [1.165, 1.54) is 6.42 Å². The van der Waals surface area contributed by atoms with E-state index < -0.39 is 8.56 Å². The summed E-state index contributed by atoms with van der Waals surface area (Å²) in [4.78, 5) is 0. The zero-order chi connectivity index (χ0) is 10.7. The van der Waals surface area contributed by atoms with Gasteiger partial charge in [-0.25, -0.2) is 0 Å². The average Bonchev–Trinajstić information content (AvgIpc) is 2.04. The molecule has 0 atom stereocenters. The Morgan fingerprint density at radius 3 is 1.40 bits per heavy atom. The molecule has 0 aromatic carbocycles. The SMILES string of the molecule is CCO[Si](C)(C)OCC.F.[CH2-]CCC.[Li+]. The molecule has 0 heterocycles. The predicted octanol–water partition coefficient (Wildman–Crippen LogP) is 0.538. The van der Waals surface area contributed by atoms with Crippen LogP contribution in [0, 0.1) is 6.92 Å². The average molecular weight is 232 g/mol. The number of rotatable bonds is 5. The second-order valence-corrected chi connectivity index (χ2v) is 6.50. The van der Waals surface area contributed by atoms with Gasteiger partial charge in [-0.05, 0) is 26.9 Å². The van der Waals surface area contributed by atoms with Crippen molar-refractivity contribution in [3.8, 4) is 0 Å². The van der Waals surface area contributed by atoms with Crippen molar-refractivity contribution in [1.29, 1.82) is 0 Å². The zero-order valence-corrected chi connectivity index (χ0v) is 12.3. The molecule has 0 saturated carbocycles. The topological polar surface area (TPSA) is 18.5 Å². The molecule has 0 amide bonds. The van der Waals surface area contributed by atoms with Gasteiger partial charge < -0.3 is 15.8 Å². The van der Waals surface area contributed by atoms with Crippen molar-refractivity contribution >= 4 is 8.56 Å². The number of halogens is 1. The maximum absolute atomic E-state index is 5.39. The molecule has 0 aliphatic carbocycles. The predicted molar refractivity (Wildman–Crippen MR) is 63.5 cm³/mol. The van der Waals surface area contributed by atoms with Gasteiger partial charge >= 0.3 is 27.4 Å². The van der Waals surface area contributed by atoms with Crippen LogP contribution >= 0.6 is 0 Å². The Morgan fingerprint density at radius 1 is 1.00 bits per heavy atom. The molecule has 0 rings (SSSR count). The Morgan fingerprint density at radius 2 is 1.27 bits per heavy atom. The van der Waals surface area contributed by atoms with Crippen molar-refractivity contribution in [2.24, 2.45) is 0 Å². The third kappa shape index (κ3) is 25.2. The molecular formula is C10H26FLiO2Si. The van der Waals surface area contributed by atoms with Gasteiger partial charge in [-0.1, -0.05) is 13.3 Å². The van der Waals surface area contributed by atoms with E-state index in [0.717, 1.165) is 19.6 Å². The van der Waals surface area contributed by atoms with E-state index in [1.807, 2.05) is 13.8 Å². The van der Waals surface area contributed by atoms with Crippen LogP contribution in [-0.2, 0) is 8.85 Å². The van der Waals surface area contributed by atoms with Crippen molar-refractivity contribution in [2.75, 3.05) is 13.2 Å². The van der Waals surface area contributed by atoms with Crippen molar-refractivity contribution in [3.63, 3.8) is 0 Å². The van der Waals surface area contributed by atoms with Gasteiger partial charge in [-0.15, -0.1) is 0 Å². The molecule has 15 heavy (non-hydrogen) atoms. The Hall–Kier alpha value is 0.664. The van der Waals surface area contributed by atoms with Gasteiger partial charge in [-0.3, -0.25) is 4.70 Å². The van der Waals surface area contributed by atoms with Gasteiger partial charge in [0.25, 0.3) is 0 Å². The smallest absolute Gasteiger partial charge is 0.395 e. The second kappa shape index (κ2) is 17.1. The number of hydrogen-bond acceptors (Lipinski definition) is 2. The minimum atomic E-state index is -1.70. The van der Waals surface area contributed by atoms with Gasteiger partial charge in [0.05, 0.1) is 0 Å². The molecule has 0 saturated heterocycles. The Balaban J connectivity index is -0.0000000883. The quantitative estimate of drug-likeness (QED) is 0.509. The zero-order valence-electron chi connectivity index (χ0n) is 11.3. The standard InChI is InChI=1S/C6H16O2Si.C4H9.FH.Li/c1-5-7-9(3,4)8-6-2;1-3-4-2;;/h5-6H2,1-4H3;1,3-4H2,2H3;1H;/q;-1;;+1. The van der Waals surface area contributed by atoms with E-state index in [0.29, 0.717) is 0 Å². The van der Waals surface area contributed by atoms with Crippen LogP contribution in [0.3, 0.4) is 0 Å². The minimum absolute atomic E-state index is 0. The fourth-order valence-corrected chi connectivity index (χ4v) is 2.21. The summed E-state index contributed by atoms with van der Waals surface area (Å²) in [6.45, 7) is 15.3. The summed E-state index contributed by atoms with van der Waals surface area (Å²) in [6.07, 6.45) is 2.28. The van der Waals surface area contributed by atoms with Crippen molar-refractivity contribution in [1.82, 2.24) is 0 Å². The van der Waals surface area contributed by atoms with Crippen LogP contribution in [0.4, 0.5) is 4.70 Å². The molecule has 0 spiro atoms. The summed E-state index contributed by atoms with van der Waals surface area (Å²) in [6, 6.07) is 0. The molecule has 0 aliphatic rings. The molecule has 0 aliphatic heterocycles. The molecule has 90 valence electrons. The third-order valence-corrected chi connectivity index (χ3v) is 3.31. The van der Waals surface area contributed by atoms with Crippen molar-refractivity contribution < 1.29 is 32.4 Å². The van der Waals surface area contributed by atoms with Crippen LogP contribution in [0.1, 0.15) is 33.6 Å². The second-order valence-electron chi connectivity index (χ2n) is 3.12. The van der Waals surface area contributed by atoms with Crippen molar-refractivity contribution in [2.45, 2.75) is 46.7 Å². The molecule has 0 aromatic rings. The molecule has 0 fully saturated rings. The molecule has 0 bridgehead atoms. The fourth-order valence-electron chi connectivity index (χ4n) is 0.737. The largest absolute Gasteiger partial charge is 1.00 e. The normalized spacial score (nSPS) is 9.20. The van der Waals surface area contributed by atoms with Crippen molar-refractivity contribution in [3.05, 3.63) is 6.92 Å². The summed E-state index contributed by atoms with van der Waals surface area (Å²) in [5.41, 5.74) is 0. The van der Waals surface area contributed by atoms with E-state index in [9.17, 15) is 0 Å². The minimum Gasteiger partial charge on any atom is -0.395 e. The first-order valence-corrected chi connectivity index (χ1v) is 7.92. The van der Waals surface area contributed by atoms with Crippen LogP contribution in [0.5, 0.6) is 0 Å². The monoisotopic (exact) mass is 232 g/mol. The summed E-state index contributed by atoms with van der Waals surface area (Å²) in [7, 11) is -1.70. The summed E-state index contributed by atoms with van der Waals surface area (Å²) in [5, 5.41) is 0. The van der Waals surface area contributed by atoms with Gasteiger partial charge in [0.15, 0.2) is 0 Å². The van der Waals surface area contributed by atoms with Crippen LogP contribution in [0.2, 0.25) is 13.1 Å². The summed E-state index contributed by atoms with van der Waals surface area (Å²) < 4.78 is 10.8. The first-order valence-electron chi connectivity index (χ1n) is 5.11. The molecule has 5 heteroatoms. The number of unbranched alkanes of at least 4 members (excludes halogenated alkanes) is 1. The molecule has 2 nitrogen and oxygen atoms in total. The third-order valence-electron chi connectivity index (χ3n) is 1.34. The van der Waals surface area contributed by atoms with E-state index in [4.69, 9.17) is 8.85 Å². The molecule has 0 radical (unpaired) electrons. The van der Waals surface area contributed by atoms with Gasteiger partial charge in [0.2, 0.25) is 0 Å². The Bertz CT molecular complexity index is 95.4. The Labute approximate surface area is 108 Å². The van der Waals surface area contributed by atoms with Gasteiger partial charge in [0.1, 0.15) is 0 Å². The van der Waals surface area contributed by atoms with Gasteiger partial charge in [0, 0.05) is 13.2 Å². The van der Waals surface area contributed by atoms with Crippen LogP contribution in [0.15, 0.2) is 0 Å². The van der Waals surface area contributed by atoms with Crippen LogP contribution in [0.25, 0.3) is 0 Å². The maximum Gasteiger partial charge on any atom is 1.00 e. The molecular weight excluding hydrogens is 206 g/mol.